The molecule has 0 spiro atoms. The van der Waals surface area contributed by atoms with Gasteiger partial charge in [-0.15, -0.1) is 0 Å². The number of nitrogens with two attached hydrogens (primary N) is 2. The molecule has 1 aliphatic rings. The van der Waals surface area contributed by atoms with Crippen molar-refractivity contribution >= 4 is 11.4 Å². The number of nitrogen functional groups attached to an aromatic ring is 2. The second-order valence-corrected chi connectivity index (χ2v) is 13.7. The van der Waals surface area contributed by atoms with Crippen molar-refractivity contribution in [2.24, 2.45) is 0 Å². The molecule has 2 heteroatoms. The van der Waals surface area contributed by atoms with Gasteiger partial charge < -0.3 is 11.5 Å². The Morgan fingerprint density at radius 2 is 1.15 bits per heavy atom. The fourth-order valence-corrected chi connectivity index (χ4v) is 7.17. The van der Waals surface area contributed by atoms with Crippen LogP contribution in [0.5, 0.6) is 0 Å². The minimum Gasteiger partial charge on any atom is -0.399 e. The van der Waals surface area contributed by atoms with E-state index in [0.717, 1.165) is 24.2 Å². The third-order valence-corrected chi connectivity index (χ3v) is 9.52. The molecule has 0 amide bonds. The van der Waals surface area contributed by atoms with Gasteiger partial charge in [0, 0.05) is 22.4 Å². The van der Waals surface area contributed by atoms with E-state index in [0.29, 0.717) is 0 Å². The molecule has 41 heavy (non-hydrogen) atoms. The van der Waals surface area contributed by atoms with Crippen LogP contribution < -0.4 is 11.5 Å². The first-order chi connectivity index (χ1) is 19.7. The Bertz CT molecular complexity index is 1250. The van der Waals surface area contributed by atoms with Crippen LogP contribution in [0.4, 0.5) is 11.4 Å². The Hall–Kier alpha value is -2.74. The van der Waals surface area contributed by atoms with Gasteiger partial charge in [0.15, 0.2) is 0 Å². The lowest BCUT2D eigenvalue weighted by Gasteiger charge is -2.35. The first-order valence-electron chi connectivity index (χ1n) is 16.7. The molecule has 0 saturated carbocycles. The Labute approximate surface area is 251 Å². The highest BCUT2D eigenvalue weighted by Crippen LogP contribution is 2.58. The topological polar surface area (TPSA) is 52.0 Å². The van der Waals surface area contributed by atoms with E-state index in [9.17, 15) is 0 Å². The molecule has 0 radical (unpaired) electrons. The summed E-state index contributed by atoms with van der Waals surface area (Å²) in [5, 5.41) is 0. The van der Waals surface area contributed by atoms with Crippen LogP contribution in [0.15, 0.2) is 54.6 Å². The second-order valence-electron chi connectivity index (χ2n) is 13.7. The van der Waals surface area contributed by atoms with Gasteiger partial charge in [0.2, 0.25) is 0 Å². The zero-order valence-electron chi connectivity index (χ0n) is 26.8. The maximum Gasteiger partial charge on any atom is 0.0397 e. The predicted octanol–water partition coefficient (Wildman–Crippen LogP) is 11.6. The lowest BCUT2D eigenvalue weighted by atomic mass is 9.68. The summed E-state index contributed by atoms with van der Waals surface area (Å²) in [5.74, 6) is 0. The van der Waals surface area contributed by atoms with Crippen molar-refractivity contribution in [3.05, 3.63) is 71.3 Å². The summed E-state index contributed by atoms with van der Waals surface area (Å²) < 4.78 is 0. The maximum absolute atomic E-state index is 6.93. The van der Waals surface area contributed by atoms with Gasteiger partial charge in [0.1, 0.15) is 0 Å². The normalized spacial score (nSPS) is 13.8. The van der Waals surface area contributed by atoms with Crippen molar-refractivity contribution < 1.29 is 0 Å². The number of unbranched alkanes of at least 4 members (excludes halogenated alkanes) is 10. The minimum absolute atomic E-state index is 0.0526. The smallest absolute Gasteiger partial charge is 0.0397 e. The van der Waals surface area contributed by atoms with E-state index < -0.39 is 0 Å². The molecule has 2 nitrogen and oxygen atoms in total. The van der Waals surface area contributed by atoms with Gasteiger partial charge in [-0.25, -0.2) is 0 Å². The number of hydrogen-bond acceptors (Lipinski definition) is 2. The van der Waals surface area contributed by atoms with Gasteiger partial charge in [-0.2, -0.15) is 0 Å². The van der Waals surface area contributed by atoms with E-state index in [-0.39, 0.29) is 10.8 Å². The molecule has 222 valence electrons. The molecule has 0 aliphatic heterocycles. The molecule has 0 aromatic heterocycles. The van der Waals surface area contributed by atoms with Crippen LogP contribution >= 0.6 is 0 Å². The van der Waals surface area contributed by atoms with E-state index in [1.54, 1.807) is 0 Å². The molecule has 3 aromatic rings. The maximum atomic E-state index is 6.93. The van der Waals surface area contributed by atoms with Crippen molar-refractivity contribution in [1.29, 1.82) is 0 Å². The van der Waals surface area contributed by atoms with Crippen LogP contribution in [-0.2, 0) is 10.8 Å². The lowest BCUT2D eigenvalue weighted by molar-refractivity contribution is 0.399. The Kier molecular flexibility index (Phi) is 10.6. The molecule has 0 heterocycles. The van der Waals surface area contributed by atoms with E-state index in [4.69, 9.17) is 11.5 Å². The molecule has 3 aromatic carbocycles. The molecular formula is C39H56N2. The highest BCUT2D eigenvalue weighted by Gasteiger charge is 2.44. The van der Waals surface area contributed by atoms with Crippen molar-refractivity contribution in [3.63, 3.8) is 0 Å². The Morgan fingerprint density at radius 1 is 0.610 bits per heavy atom. The Balaban J connectivity index is 1.81. The molecule has 0 bridgehead atoms. The van der Waals surface area contributed by atoms with Crippen molar-refractivity contribution in [1.82, 2.24) is 0 Å². The predicted molar refractivity (Wildman–Crippen MR) is 182 cm³/mol. The highest BCUT2D eigenvalue weighted by molar-refractivity contribution is 5.94. The molecule has 0 saturated heterocycles. The molecule has 0 unspecified atom stereocenters. The van der Waals surface area contributed by atoms with E-state index >= 15 is 0 Å². The SMILES string of the molecule is CCCCCCCCC1(CCCCCCCC)c2cc(N)ccc2-c2ccc(N)c(-c3ccc(C(C)(C)C)cc3)c21. The van der Waals surface area contributed by atoms with Crippen LogP contribution in [0.25, 0.3) is 22.3 Å². The summed E-state index contributed by atoms with van der Waals surface area (Å²) >= 11 is 0. The van der Waals surface area contributed by atoms with Crippen LogP contribution in [-0.4, -0.2) is 0 Å². The number of rotatable bonds is 15. The van der Waals surface area contributed by atoms with Crippen LogP contribution in [0.2, 0.25) is 0 Å². The van der Waals surface area contributed by atoms with Gasteiger partial charge in [-0.3, -0.25) is 0 Å². The van der Waals surface area contributed by atoms with E-state index in [2.05, 4.69) is 89.2 Å². The summed E-state index contributed by atoms with van der Waals surface area (Å²) in [6, 6.07) is 20.3. The summed E-state index contributed by atoms with van der Waals surface area (Å²) in [5.41, 5.74) is 24.7. The molecule has 1 aliphatic carbocycles. The monoisotopic (exact) mass is 552 g/mol. The Morgan fingerprint density at radius 3 is 1.71 bits per heavy atom. The van der Waals surface area contributed by atoms with E-state index in [1.165, 1.54) is 116 Å². The van der Waals surface area contributed by atoms with Gasteiger partial charge in [0.05, 0.1) is 0 Å². The summed E-state index contributed by atoms with van der Waals surface area (Å²) in [4.78, 5) is 0. The number of anilines is 2. The molecule has 4 N–H and O–H groups in total. The zero-order chi connectivity index (χ0) is 29.5. The fourth-order valence-electron chi connectivity index (χ4n) is 7.17. The van der Waals surface area contributed by atoms with Crippen LogP contribution in [0, 0.1) is 0 Å². The average molecular weight is 553 g/mol. The molecule has 0 fully saturated rings. The van der Waals surface area contributed by atoms with Crippen LogP contribution in [0.3, 0.4) is 0 Å². The third kappa shape index (κ3) is 7.02. The van der Waals surface area contributed by atoms with Crippen LogP contribution in [0.1, 0.15) is 141 Å². The van der Waals surface area contributed by atoms with E-state index in [1.807, 2.05) is 0 Å². The third-order valence-electron chi connectivity index (χ3n) is 9.52. The summed E-state index contributed by atoms with van der Waals surface area (Å²) in [6.07, 6.45) is 18.0. The molecule has 4 rings (SSSR count). The second kappa shape index (κ2) is 14.0. The number of hydrogen-bond donors (Lipinski definition) is 2. The van der Waals surface area contributed by atoms with Gasteiger partial charge >= 0.3 is 0 Å². The molecular weight excluding hydrogens is 496 g/mol. The number of fused-ring (bicyclic) bond motifs is 3. The van der Waals surface area contributed by atoms with Crippen molar-refractivity contribution in [2.45, 2.75) is 135 Å². The van der Waals surface area contributed by atoms with Crippen molar-refractivity contribution in [2.75, 3.05) is 11.5 Å². The lowest BCUT2D eigenvalue weighted by Crippen LogP contribution is -2.27. The highest BCUT2D eigenvalue weighted by atomic mass is 14.6. The molecule has 0 atom stereocenters. The van der Waals surface area contributed by atoms with Crippen molar-refractivity contribution in [3.8, 4) is 22.3 Å². The first kappa shape index (κ1) is 31.2. The summed E-state index contributed by atoms with van der Waals surface area (Å²) in [6.45, 7) is 11.4. The standard InChI is InChI=1S/C39H56N2/c1-6-8-10-12-14-16-26-39(27-17-15-13-11-9-7-2)34-28-31(40)22-23-32(34)33-24-25-35(41)36(37(33)39)29-18-20-30(21-19-29)38(3,4)5/h18-25,28H,6-17,26-27,40-41H2,1-5H3. The van der Waals surface area contributed by atoms with Gasteiger partial charge in [-0.05, 0) is 69.8 Å². The van der Waals surface area contributed by atoms with Gasteiger partial charge in [0.25, 0.3) is 0 Å². The largest absolute Gasteiger partial charge is 0.399 e. The van der Waals surface area contributed by atoms with Gasteiger partial charge in [-0.1, -0.05) is 148 Å². The summed E-state index contributed by atoms with van der Waals surface area (Å²) in [7, 11) is 0. The number of benzene rings is 3. The minimum atomic E-state index is -0.0526. The average Bonchev–Trinajstić information content (AvgIpc) is 3.21. The quantitative estimate of drug-likeness (QED) is 0.145. The first-order valence-corrected chi connectivity index (χ1v) is 16.7. The zero-order valence-corrected chi connectivity index (χ0v) is 26.8. The fraction of sp³-hybridized carbons (Fsp3) is 0.538.